The minimum absolute atomic E-state index is 0.0848. The minimum Gasteiger partial charge on any atom is -0.494 e. The molecule has 0 spiro atoms. The summed E-state index contributed by atoms with van der Waals surface area (Å²) in [6.07, 6.45) is 0. The Labute approximate surface area is 149 Å². The Morgan fingerprint density at radius 2 is 2.00 bits per heavy atom. The highest BCUT2D eigenvalue weighted by Gasteiger charge is 2.25. The molecular formula is C20H27N3O2. The summed E-state index contributed by atoms with van der Waals surface area (Å²) >= 11 is 0. The zero-order valence-corrected chi connectivity index (χ0v) is 15.4. The number of nitrogens with zero attached hydrogens (tertiary/aromatic N) is 2. The van der Waals surface area contributed by atoms with Crippen molar-refractivity contribution in [3.05, 3.63) is 41.6 Å². The van der Waals surface area contributed by atoms with E-state index in [9.17, 15) is 4.79 Å². The van der Waals surface area contributed by atoms with Crippen LogP contribution < -0.4 is 4.74 Å². The van der Waals surface area contributed by atoms with E-state index < -0.39 is 0 Å². The van der Waals surface area contributed by atoms with E-state index in [2.05, 4.69) is 16.5 Å². The molecule has 1 saturated heterocycles. The summed E-state index contributed by atoms with van der Waals surface area (Å²) in [5.74, 6) is 0.922. The topological polar surface area (TPSA) is 48.6 Å². The lowest BCUT2D eigenvalue weighted by atomic mass is 10.1. The zero-order valence-electron chi connectivity index (χ0n) is 15.4. The minimum atomic E-state index is 0.0848. The highest BCUT2D eigenvalue weighted by Crippen LogP contribution is 2.27. The van der Waals surface area contributed by atoms with E-state index in [1.807, 2.05) is 43.9 Å². The highest BCUT2D eigenvalue weighted by molar-refractivity contribution is 6.01. The number of benzene rings is 1. The van der Waals surface area contributed by atoms with E-state index in [1.54, 1.807) is 0 Å². The molecule has 2 heterocycles. The quantitative estimate of drug-likeness (QED) is 0.850. The Morgan fingerprint density at radius 1 is 1.28 bits per heavy atom. The second-order valence-electron chi connectivity index (χ2n) is 6.79. The molecule has 0 bridgehead atoms. The Kier molecular flexibility index (Phi) is 5.13. The van der Waals surface area contributed by atoms with Crippen LogP contribution >= 0.6 is 0 Å². The predicted octanol–water partition coefficient (Wildman–Crippen LogP) is 3.21. The van der Waals surface area contributed by atoms with E-state index in [4.69, 9.17) is 4.74 Å². The maximum absolute atomic E-state index is 13.0. The number of nitrogens with one attached hydrogen (secondary N) is 1. The molecular weight excluding hydrogens is 314 g/mol. The normalized spacial score (nSPS) is 15.6. The number of H-pyrrole nitrogens is 1. The summed E-state index contributed by atoms with van der Waals surface area (Å²) in [7, 11) is 0. The number of ether oxygens (including phenoxy) is 1. The number of hydrogen-bond donors (Lipinski definition) is 1. The summed E-state index contributed by atoms with van der Waals surface area (Å²) in [6.45, 7) is 14.8. The van der Waals surface area contributed by atoms with Gasteiger partial charge in [0.05, 0.1) is 6.61 Å². The standard InChI is InChI=1S/C20H27N3O2/c1-5-25-16-6-7-18-17(12-16)15(4)19(21-18)20(24)23-10-8-22(9-11-23)13-14(2)3/h6-7,12,21H,2,5,8-11,13H2,1,3-4H3. The number of hydrogen-bond acceptors (Lipinski definition) is 3. The molecule has 1 aliphatic rings. The van der Waals surface area contributed by atoms with Gasteiger partial charge in [0.25, 0.3) is 5.91 Å². The number of carbonyl (C=O) groups excluding carboxylic acids is 1. The van der Waals surface area contributed by atoms with Crippen LogP contribution in [0.4, 0.5) is 0 Å². The molecule has 134 valence electrons. The number of amides is 1. The number of aryl methyl sites for hydroxylation is 1. The van der Waals surface area contributed by atoms with Gasteiger partial charge in [-0.25, -0.2) is 0 Å². The van der Waals surface area contributed by atoms with Crippen molar-refractivity contribution in [1.82, 2.24) is 14.8 Å². The van der Waals surface area contributed by atoms with Crippen molar-refractivity contribution in [1.29, 1.82) is 0 Å². The molecule has 1 N–H and O–H groups in total. The van der Waals surface area contributed by atoms with Gasteiger partial charge < -0.3 is 14.6 Å². The Balaban J connectivity index is 1.76. The van der Waals surface area contributed by atoms with Crippen LogP contribution in [0.3, 0.4) is 0 Å². The van der Waals surface area contributed by atoms with E-state index in [1.165, 1.54) is 0 Å². The summed E-state index contributed by atoms with van der Waals surface area (Å²) in [4.78, 5) is 20.5. The molecule has 1 aromatic carbocycles. The summed E-state index contributed by atoms with van der Waals surface area (Å²) in [6, 6.07) is 5.92. The molecule has 1 aromatic heterocycles. The summed E-state index contributed by atoms with van der Waals surface area (Å²) < 4.78 is 5.58. The molecule has 2 aromatic rings. The lowest BCUT2D eigenvalue weighted by Gasteiger charge is -2.34. The first-order valence-electron chi connectivity index (χ1n) is 8.90. The molecule has 1 aliphatic heterocycles. The summed E-state index contributed by atoms with van der Waals surface area (Å²) in [5, 5.41) is 1.05. The fourth-order valence-electron chi connectivity index (χ4n) is 3.42. The average molecular weight is 341 g/mol. The number of aromatic amines is 1. The van der Waals surface area contributed by atoms with Crippen LogP contribution in [0.15, 0.2) is 30.4 Å². The second-order valence-corrected chi connectivity index (χ2v) is 6.79. The highest BCUT2D eigenvalue weighted by atomic mass is 16.5. The van der Waals surface area contributed by atoms with Crippen molar-refractivity contribution in [3.8, 4) is 5.75 Å². The number of piperazine rings is 1. The van der Waals surface area contributed by atoms with Gasteiger partial charge in [-0.2, -0.15) is 0 Å². The Hall–Kier alpha value is -2.27. The van der Waals surface area contributed by atoms with Crippen LogP contribution in [0.25, 0.3) is 10.9 Å². The van der Waals surface area contributed by atoms with Crippen molar-refractivity contribution >= 4 is 16.8 Å². The van der Waals surface area contributed by atoms with Gasteiger partial charge in [0.15, 0.2) is 0 Å². The van der Waals surface area contributed by atoms with Gasteiger partial charge in [0.2, 0.25) is 0 Å². The molecule has 0 radical (unpaired) electrons. The third kappa shape index (κ3) is 3.71. The van der Waals surface area contributed by atoms with Gasteiger partial charge in [-0.1, -0.05) is 12.2 Å². The Bertz CT molecular complexity index is 786. The SMILES string of the molecule is C=C(C)CN1CCN(C(=O)c2[nH]c3ccc(OCC)cc3c2C)CC1. The van der Waals surface area contributed by atoms with Crippen LogP contribution in [0.1, 0.15) is 29.9 Å². The smallest absolute Gasteiger partial charge is 0.270 e. The third-order valence-corrected chi connectivity index (χ3v) is 4.71. The molecule has 0 unspecified atom stereocenters. The molecule has 0 aliphatic carbocycles. The van der Waals surface area contributed by atoms with Crippen LogP contribution in [0, 0.1) is 6.92 Å². The summed E-state index contributed by atoms with van der Waals surface area (Å²) in [5.41, 5.74) is 3.82. The van der Waals surface area contributed by atoms with Crippen LogP contribution in [-0.4, -0.2) is 60.0 Å². The van der Waals surface area contributed by atoms with Crippen molar-refractivity contribution in [2.24, 2.45) is 0 Å². The van der Waals surface area contributed by atoms with Crippen LogP contribution in [0.2, 0.25) is 0 Å². The monoisotopic (exact) mass is 341 g/mol. The molecule has 0 atom stereocenters. The maximum Gasteiger partial charge on any atom is 0.270 e. The molecule has 5 nitrogen and oxygen atoms in total. The van der Waals surface area contributed by atoms with Crippen LogP contribution in [0.5, 0.6) is 5.75 Å². The second kappa shape index (κ2) is 7.31. The van der Waals surface area contributed by atoms with Gasteiger partial charge in [-0.3, -0.25) is 9.69 Å². The van der Waals surface area contributed by atoms with Crippen molar-refractivity contribution in [3.63, 3.8) is 0 Å². The average Bonchev–Trinajstić information content (AvgIpc) is 2.91. The molecule has 3 rings (SSSR count). The van der Waals surface area contributed by atoms with Gasteiger partial charge in [0.1, 0.15) is 11.4 Å². The van der Waals surface area contributed by atoms with Crippen molar-refractivity contribution in [2.75, 3.05) is 39.3 Å². The zero-order chi connectivity index (χ0) is 18.0. The fourth-order valence-corrected chi connectivity index (χ4v) is 3.42. The third-order valence-electron chi connectivity index (χ3n) is 4.71. The molecule has 25 heavy (non-hydrogen) atoms. The first-order chi connectivity index (χ1) is 12.0. The first-order valence-corrected chi connectivity index (χ1v) is 8.90. The molecule has 5 heteroatoms. The van der Waals surface area contributed by atoms with Gasteiger partial charge in [-0.15, -0.1) is 0 Å². The van der Waals surface area contributed by atoms with E-state index in [-0.39, 0.29) is 5.91 Å². The number of carbonyl (C=O) groups is 1. The maximum atomic E-state index is 13.0. The van der Waals surface area contributed by atoms with E-state index in [0.29, 0.717) is 12.3 Å². The molecule has 0 saturated carbocycles. The molecule has 1 amide bonds. The van der Waals surface area contributed by atoms with Crippen molar-refractivity contribution < 1.29 is 9.53 Å². The predicted molar refractivity (Wildman–Crippen MR) is 101 cm³/mol. The fraction of sp³-hybridized carbons (Fsp3) is 0.450. The Morgan fingerprint density at radius 3 is 2.64 bits per heavy atom. The van der Waals surface area contributed by atoms with Crippen LogP contribution in [-0.2, 0) is 0 Å². The van der Waals surface area contributed by atoms with Gasteiger partial charge in [-0.05, 0) is 44.5 Å². The number of fused-ring (bicyclic) bond motifs is 1. The molecule has 1 fully saturated rings. The first kappa shape index (κ1) is 17.5. The van der Waals surface area contributed by atoms with Gasteiger partial charge >= 0.3 is 0 Å². The number of rotatable bonds is 5. The van der Waals surface area contributed by atoms with Gasteiger partial charge in [0, 0.05) is 43.6 Å². The number of aromatic nitrogens is 1. The lowest BCUT2D eigenvalue weighted by molar-refractivity contribution is 0.0642. The lowest BCUT2D eigenvalue weighted by Crippen LogP contribution is -2.49. The van der Waals surface area contributed by atoms with Crippen molar-refractivity contribution in [2.45, 2.75) is 20.8 Å². The van der Waals surface area contributed by atoms with E-state index in [0.717, 1.165) is 60.5 Å². The van der Waals surface area contributed by atoms with E-state index >= 15 is 0 Å². The largest absolute Gasteiger partial charge is 0.494 e.